The van der Waals surface area contributed by atoms with E-state index in [-0.39, 0.29) is 0 Å². The summed E-state index contributed by atoms with van der Waals surface area (Å²) in [6.45, 7) is 4.06. The molecule has 0 saturated heterocycles. The van der Waals surface area contributed by atoms with Crippen molar-refractivity contribution >= 4 is 11.3 Å². The first-order valence-electron chi connectivity index (χ1n) is 6.09. The van der Waals surface area contributed by atoms with Gasteiger partial charge in [-0.3, -0.25) is 0 Å². The van der Waals surface area contributed by atoms with Gasteiger partial charge in [0.2, 0.25) is 0 Å². The first-order chi connectivity index (χ1) is 8.86. The maximum atomic E-state index is 5.49. The summed E-state index contributed by atoms with van der Waals surface area (Å²) in [7, 11) is 3.61. The number of hydrogen-bond acceptors (Lipinski definition) is 6. The zero-order valence-corrected chi connectivity index (χ0v) is 11.9. The molecule has 0 radical (unpaired) electrons. The number of nitrogens with one attached hydrogen (secondary N) is 1. The second-order valence-corrected chi connectivity index (χ2v) is 4.72. The van der Waals surface area contributed by atoms with Gasteiger partial charge in [0, 0.05) is 32.2 Å². The van der Waals surface area contributed by atoms with Crippen LogP contribution < -0.4 is 5.32 Å². The van der Waals surface area contributed by atoms with Gasteiger partial charge in [0.1, 0.15) is 5.01 Å². The third-order valence-corrected chi connectivity index (χ3v) is 3.08. The van der Waals surface area contributed by atoms with E-state index < -0.39 is 0 Å². The number of thiazole rings is 1. The molecule has 1 N–H and O–H groups in total. The summed E-state index contributed by atoms with van der Waals surface area (Å²) < 4.78 is 15.8. The SMILES string of the molecule is CNCc1nc(COCCOCCCOC)cs1. The Morgan fingerprint density at radius 3 is 2.83 bits per heavy atom. The molecule has 5 nitrogen and oxygen atoms in total. The van der Waals surface area contributed by atoms with Crippen molar-refractivity contribution in [3.63, 3.8) is 0 Å². The van der Waals surface area contributed by atoms with Crippen molar-refractivity contribution in [3.8, 4) is 0 Å². The van der Waals surface area contributed by atoms with E-state index in [2.05, 4.69) is 10.3 Å². The summed E-state index contributed by atoms with van der Waals surface area (Å²) in [4.78, 5) is 4.43. The number of hydrogen-bond donors (Lipinski definition) is 1. The van der Waals surface area contributed by atoms with Crippen LogP contribution in [0.3, 0.4) is 0 Å². The highest BCUT2D eigenvalue weighted by atomic mass is 32.1. The Kier molecular flexibility index (Phi) is 8.97. The smallest absolute Gasteiger partial charge is 0.107 e. The summed E-state index contributed by atoms with van der Waals surface area (Å²) in [5, 5.41) is 6.20. The van der Waals surface area contributed by atoms with Gasteiger partial charge < -0.3 is 19.5 Å². The van der Waals surface area contributed by atoms with E-state index in [1.165, 1.54) is 0 Å². The lowest BCUT2D eigenvalue weighted by molar-refractivity contribution is 0.0328. The normalized spacial score (nSPS) is 11.0. The molecule has 1 rings (SSSR count). The van der Waals surface area contributed by atoms with Gasteiger partial charge in [-0.15, -0.1) is 11.3 Å². The minimum atomic E-state index is 0.557. The predicted molar refractivity (Wildman–Crippen MR) is 71.8 cm³/mol. The highest BCUT2D eigenvalue weighted by molar-refractivity contribution is 7.09. The topological polar surface area (TPSA) is 52.6 Å². The van der Waals surface area contributed by atoms with Crippen molar-refractivity contribution in [1.29, 1.82) is 0 Å². The van der Waals surface area contributed by atoms with Crippen LogP contribution in [0, 0.1) is 0 Å². The van der Waals surface area contributed by atoms with Gasteiger partial charge in [0.15, 0.2) is 0 Å². The molecule has 1 heterocycles. The summed E-state index contributed by atoms with van der Waals surface area (Å²) in [5.41, 5.74) is 0.990. The largest absolute Gasteiger partial charge is 0.385 e. The van der Waals surface area contributed by atoms with Crippen molar-refractivity contribution in [3.05, 3.63) is 16.1 Å². The Morgan fingerprint density at radius 2 is 2.06 bits per heavy atom. The maximum Gasteiger partial charge on any atom is 0.107 e. The van der Waals surface area contributed by atoms with E-state index in [9.17, 15) is 0 Å². The molecule has 0 bridgehead atoms. The minimum absolute atomic E-state index is 0.557. The highest BCUT2D eigenvalue weighted by Crippen LogP contribution is 2.10. The fourth-order valence-electron chi connectivity index (χ4n) is 1.35. The van der Waals surface area contributed by atoms with Gasteiger partial charge in [-0.05, 0) is 13.5 Å². The number of aromatic nitrogens is 1. The molecule has 0 amide bonds. The molecule has 18 heavy (non-hydrogen) atoms. The number of ether oxygens (including phenoxy) is 3. The number of methoxy groups -OCH3 is 1. The summed E-state index contributed by atoms with van der Waals surface area (Å²) in [6.07, 6.45) is 0.927. The molecule has 0 fully saturated rings. The fraction of sp³-hybridized carbons (Fsp3) is 0.750. The molecule has 0 aliphatic rings. The minimum Gasteiger partial charge on any atom is -0.385 e. The molecule has 0 aliphatic carbocycles. The lowest BCUT2D eigenvalue weighted by Gasteiger charge is -2.04. The van der Waals surface area contributed by atoms with Crippen LogP contribution in [0.1, 0.15) is 17.1 Å². The van der Waals surface area contributed by atoms with E-state index >= 15 is 0 Å². The van der Waals surface area contributed by atoms with Crippen LogP contribution in [0.4, 0.5) is 0 Å². The third-order valence-electron chi connectivity index (χ3n) is 2.19. The van der Waals surface area contributed by atoms with Gasteiger partial charge in [0.25, 0.3) is 0 Å². The van der Waals surface area contributed by atoms with Gasteiger partial charge >= 0.3 is 0 Å². The second kappa shape index (κ2) is 10.4. The molecule has 0 atom stereocenters. The molecule has 0 saturated carbocycles. The fourth-order valence-corrected chi connectivity index (χ4v) is 2.14. The molecular weight excluding hydrogens is 252 g/mol. The maximum absolute atomic E-state index is 5.49. The molecule has 104 valence electrons. The van der Waals surface area contributed by atoms with Gasteiger partial charge in [-0.25, -0.2) is 4.98 Å². The lowest BCUT2D eigenvalue weighted by Crippen LogP contribution is -2.07. The predicted octanol–water partition coefficient (Wildman–Crippen LogP) is 1.43. The Bertz CT molecular complexity index is 307. The third kappa shape index (κ3) is 7.03. The van der Waals surface area contributed by atoms with Crippen LogP contribution in [0.5, 0.6) is 0 Å². The average molecular weight is 274 g/mol. The molecule has 0 unspecified atom stereocenters. The zero-order chi connectivity index (χ0) is 13.1. The Labute approximate surface area is 112 Å². The molecule has 0 aromatic carbocycles. The molecular formula is C12H22N2O3S. The molecule has 0 spiro atoms. The van der Waals surface area contributed by atoms with Gasteiger partial charge in [-0.1, -0.05) is 0 Å². The van der Waals surface area contributed by atoms with Crippen LogP contribution in [-0.4, -0.2) is 45.6 Å². The highest BCUT2D eigenvalue weighted by Gasteiger charge is 2.00. The first-order valence-corrected chi connectivity index (χ1v) is 6.97. The van der Waals surface area contributed by atoms with E-state index in [1.807, 2.05) is 12.4 Å². The molecule has 6 heteroatoms. The molecule has 0 aliphatic heterocycles. The zero-order valence-electron chi connectivity index (χ0n) is 11.1. The van der Waals surface area contributed by atoms with Crippen LogP contribution >= 0.6 is 11.3 Å². The summed E-state index contributed by atoms with van der Waals surface area (Å²) in [5.74, 6) is 0. The van der Waals surface area contributed by atoms with Crippen molar-refractivity contribution in [1.82, 2.24) is 10.3 Å². The summed E-state index contributed by atoms with van der Waals surface area (Å²) >= 11 is 1.65. The van der Waals surface area contributed by atoms with Crippen molar-refractivity contribution in [2.45, 2.75) is 19.6 Å². The number of rotatable bonds is 11. The quantitative estimate of drug-likeness (QED) is 0.619. The monoisotopic (exact) mass is 274 g/mol. The van der Waals surface area contributed by atoms with Crippen LogP contribution in [-0.2, 0) is 27.4 Å². The van der Waals surface area contributed by atoms with E-state index in [4.69, 9.17) is 14.2 Å². The molecule has 1 aromatic heterocycles. The summed E-state index contributed by atoms with van der Waals surface area (Å²) in [6, 6.07) is 0. The first kappa shape index (κ1) is 15.5. The Balaban J connectivity index is 1.96. The van der Waals surface area contributed by atoms with Gasteiger partial charge in [0.05, 0.1) is 25.5 Å². The Hall–Kier alpha value is -0.530. The van der Waals surface area contributed by atoms with Crippen molar-refractivity contribution in [2.75, 3.05) is 40.6 Å². The number of nitrogens with zero attached hydrogens (tertiary/aromatic N) is 1. The second-order valence-electron chi connectivity index (χ2n) is 3.77. The lowest BCUT2D eigenvalue weighted by atomic mass is 10.5. The van der Waals surface area contributed by atoms with E-state index in [1.54, 1.807) is 18.4 Å². The van der Waals surface area contributed by atoms with E-state index in [0.29, 0.717) is 19.8 Å². The standard InChI is InChI=1S/C12H22N2O3S/c1-13-8-12-14-11(10-18-12)9-17-7-6-16-5-3-4-15-2/h10,13H,3-9H2,1-2H3. The van der Waals surface area contributed by atoms with Crippen LogP contribution in [0.15, 0.2) is 5.38 Å². The Morgan fingerprint density at radius 1 is 1.22 bits per heavy atom. The van der Waals surface area contributed by atoms with Crippen LogP contribution in [0.2, 0.25) is 0 Å². The molecule has 1 aromatic rings. The van der Waals surface area contributed by atoms with Gasteiger partial charge in [-0.2, -0.15) is 0 Å². The van der Waals surface area contributed by atoms with E-state index in [0.717, 1.165) is 36.9 Å². The van der Waals surface area contributed by atoms with Crippen molar-refractivity contribution in [2.24, 2.45) is 0 Å². The average Bonchev–Trinajstić information content (AvgIpc) is 2.81. The van der Waals surface area contributed by atoms with Crippen molar-refractivity contribution < 1.29 is 14.2 Å². The van der Waals surface area contributed by atoms with Crippen LogP contribution in [0.25, 0.3) is 0 Å².